The average Bonchev–Trinajstić information content (AvgIpc) is 2.33. The molecule has 1 amide bonds. The van der Waals surface area contributed by atoms with E-state index in [-0.39, 0.29) is 11.9 Å². The Morgan fingerprint density at radius 1 is 1.62 bits per heavy atom. The van der Waals surface area contributed by atoms with Gasteiger partial charge in [-0.1, -0.05) is 6.07 Å². The van der Waals surface area contributed by atoms with Crippen LogP contribution < -0.4 is 16.0 Å². The SMILES string of the molecule is CC1C(=O)NCCN1c1cccc(CN)n1. The third-order valence-corrected chi connectivity index (χ3v) is 2.79. The van der Waals surface area contributed by atoms with E-state index < -0.39 is 0 Å². The van der Waals surface area contributed by atoms with Crippen molar-refractivity contribution in [3.8, 4) is 0 Å². The molecule has 0 aromatic carbocycles. The lowest BCUT2D eigenvalue weighted by Crippen LogP contribution is -2.54. The summed E-state index contributed by atoms with van der Waals surface area (Å²) >= 11 is 0. The van der Waals surface area contributed by atoms with E-state index in [1.54, 1.807) is 0 Å². The smallest absolute Gasteiger partial charge is 0.242 e. The average molecular weight is 220 g/mol. The Morgan fingerprint density at radius 2 is 2.44 bits per heavy atom. The first kappa shape index (κ1) is 10.9. The van der Waals surface area contributed by atoms with E-state index in [4.69, 9.17) is 5.73 Å². The molecule has 0 saturated carbocycles. The zero-order chi connectivity index (χ0) is 11.5. The van der Waals surface area contributed by atoms with Gasteiger partial charge in [0.25, 0.3) is 0 Å². The van der Waals surface area contributed by atoms with Crippen molar-refractivity contribution in [1.29, 1.82) is 0 Å². The molecule has 3 N–H and O–H groups in total. The number of nitrogens with zero attached hydrogens (tertiary/aromatic N) is 2. The summed E-state index contributed by atoms with van der Waals surface area (Å²) in [6, 6.07) is 5.55. The highest BCUT2D eigenvalue weighted by molar-refractivity contribution is 5.85. The Hall–Kier alpha value is -1.62. The summed E-state index contributed by atoms with van der Waals surface area (Å²) in [7, 11) is 0. The van der Waals surface area contributed by atoms with Crippen LogP contribution in [-0.2, 0) is 11.3 Å². The summed E-state index contributed by atoms with van der Waals surface area (Å²) < 4.78 is 0. The van der Waals surface area contributed by atoms with Crippen LogP contribution in [0.15, 0.2) is 18.2 Å². The molecule has 1 aliphatic rings. The number of aromatic nitrogens is 1. The summed E-state index contributed by atoms with van der Waals surface area (Å²) in [5.74, 6) is 0.872. The number of hydrogen-bond acceptors (Lipinski definition) is 4. The van der Waals surface area contributed by atoms with E-state index in [1.165, 1.54) is 0 Å². The highest BCUT2D eigenvalue weighted by Gasteiger charge is 2.26. The van der Waals surface area contributed by atoms with Crippen molar-refractivity contribution in [1.82, 2.24) is 10.3 Å². The summed E-state index contributed by atoms with van der Waals surface area (Å²) in [6.07, 6.45) is 0. The Labute approximate surface area is 94.6 Å². The number of rotatable bonds is 2. The zero-order valence-corrected chi connectivity index (χ0v) is 9.31. The fourth-order valence-electron chi connectivity index (χ4n) is 1.84. The van der Waals surface area contributed by atoms with Crippen molar-refractivity contribution >= 4 is 11.7 Å². The fourth-order valence-corrected chi connectivity index (χ4v) is 1.84. The van der Waals surface area contributed by atoms with Crippen LogP contribution in [0.3, 0.4) is 0 Å². The van der Waals surface area contributed by atoms with Gasteiger partial charge in [0, 0.05) is 19.6 Å². The highest BCUT2D eigenvalue weighted by atomic mass is 16.2. The molecule has 16 heavy (non-hydrogen) atoms. The number of nitrogens with two attached hydrogens (primary N) is 1. The number of hydrogen-bond donors (Lipinski definition) is 2. The van der Waals surface area contributed by atoms with Gasteiger partial charge in [0.1, 0.15) is 11.9 Å². The molecule has 0 radical (unpaired) electrons. The minimum Gasteiger partial charge on any atom is -0.353 e. The van der Waals surface area contributed by atoms with Gasteiger partial charge in [-0.15, -0.1) is 0 Å². The lowest BCUT2D eigenvalue weighted by molar-refractivity contribution is -0.122. The number of nitrogens with one attached hydrogen (secondary N) is 1. The monoisotopic (exact) mass is 220 g/mol. The molecular weight excluding hydrogens is 204 g/mol. The van der Waals surface area contributed by atoms with Gasteiger partial charge < -0.3 is 16.0 Å². The number of pyridine rings is 1. The zero-order valence-electron chi connectivity index (χ0n) is 9.31. The van der Waals surface area contributed by atoms with Crippen LogP contribution in [0.5, 0.6) is 0 Å². The molecule has 1 aromatic rings. The van der Waals surface area contributed by atoms with E-state index >= 15 is 0 Å². The second-order valence-corrected chi connectivity index (χ2v) is 3.85. The molecule has 0 spiro atoms. The highest BCUT2D eigenvalue weighted by Crippen LogP contribution is 2.16. The fraction of sp³-hybridized carbons (Fsp3) is 0.455. The van der Waals surface area contributed by atoms with Gasteiger partial charge in [0.2, 0.25) is 5.91 Å². The van der Waals surface area contributed by atoms with E-state index in [0.29, 0.717) is 13.1 Å². The van der Waals surface area contributed by atoms with Crippen LogP contribution in [0.4, 0.5) is 5.82 Å². The molecule has 0 aliphatic carbocycles. The second-order valence-electron chi connectivity index (χ2n) is 3.85. The van der Waals surface area contributed by atoms with E-state index in [0.717, 1.165) is 18.1 Å². The van der Waals surface area contributed by atoms with E-state index in [1.807, 2.05) is 30.0 Å². The first-order valence-corrected chi connectivity index (χ1v) is 5.42. The summed E-state index contributed by atoms with van der Waals surface area (Å²) in [6.45, 7) is 3.75. The van der Waals surface area contributed by atoms with Gasteiger partial charge in [0.15, 0.2) is 0 Å². The van der Waals surface area contributed by atoms with Crippen molar-refractivity contribution in [2.75, 3.05) is 18.0 Å². The summed E-state index contributed by atoms with van der Waals surface area (Å²) in [5.41, 5.74) is 6.39. The van der Waals surface area contributed by atoms with Crippen LogP contribution in [0.2, 0.25) is 0 Å². The molecule has 1 saturated heterocycles. The van der Waals surface area contributed by atoms with E-state index in [2.05, 4.69) is 10.3 Å². The number of amides is 1. The third-order valence-electron chi connectivity index (χ3n) is 2.79. The maximum atomic E-state index is 11.5. The Bertz CT molecular complexity index is 393. The third kappa shape index (κ3) is 1.99. The lowest BCUT2D eigenvalue weighted by atomic mass is 10.2. The first-order chi connectivity index (χ1) is 7.72. The van der Waals surface area contributed by atoms with Gasteiger partial charge in [-0.2, -0.15) is 0 Å². The molecule has 2 heterocycles. The first-order valence-electron chi connectivity index (χ1n) is 5.42. The van der Waals surface area contributed by atoms with Crippen LogP contribution in [0, 0.1) is 0 Å². The second kappa shape index (κ2) is 4.49. The number of piperazine rings is 1. The minimum absolute atomic E-state index is 0.0474. The Kier molecular flexibility index (Phi) is 3.05. The van der Waals surface area contributed by atoms with E-state index in [9.17, 15) is 4.79 Å². The molecule has 0 bridgehead atoms. The van der Waals surface area contributed by atoms with Crippen molar-refractivity contribution in [3.05, 3.63) is 23.9 Å². The number of anilines is 1. The van der Waals surface area contributed by atoms with Crippen molar-refractivity contribution < 1.29 is 4.79 Å². The molecule has 1 atom stereocenters. The molecule has 1 aromatic heterocycles. The molecule has 1 aliphatic heterocycles. The van der Waals surface area contributed by atoms with Gasteiger partial charge >= 0.3 is 0 Å². The van der Waals surface area contributed by atoms with Crippen LogP contribution in [0.1, 0.15) is 12.6 Å². The predicted octanol–water partition coefficient (Wildman–Crippen LogP) is -0.135. The maximum Gasteiger partial charge on any atom is 0.242 e. The largest absolute Gasteiger partial charge is 0.353 e. The predicted molar refractivity (Wildman–Crippen MR) is 61.9 cm³/mol. The van der Waals surface area contributed by atoms with Crippen LogP contribution in [0.25, 0.3) is 0 Å². The van der Waals surface area contributed by atoms with Crippen molar-refractivity contribution in [3.63, 3.8) is 0 Å². The Morgan fingerprint density at radius 3 is 3.19 bits per heavy atom. The molecule has 1 fully saturated rings. The molecule has 5 heteroatoms. The quantitative estimate of drug-likeness (QED) is 0.728. The minimum atomic E-state index is -0.172. The summed E-state index contributed by atoms with van der Waals surface area (Å²) in [4.78, 5) is 17.9. The standard InChI is InChI=1S/C11H16N4O/c1-8-11(16)13-5-6-15(8)10-4-2-3-9(7-12)14-10/h2-4,8H,5-7,12H2,1H3,(H,13,16). The van der Waals surface area contributed by atoms with Gasteiger partial charge in [0.05, 0.1) is 5.69 Å². The van der Waals surface area contributed by atoms with Gasteiger partial charge in [-0.05, 0) is 19.1 Å². The van der Waals surface area contributed by atoms with Crippen LogP contribution in [-0.4, -0.2) is 30.0 Å². The number of carbonyl (C=O) groups excluding carboxylic acids is 1. The molecular formula is C11H16N4O. The lowest BCUT2D eigenvalue weighted by Gasteiger charge is -2.33. The maximum absolute atomic E-state index is 11.5. The van der Waals surface area contributed by atoms with Crippen molar-refractivity contribution in [2.45, 2.75) is 19.5 Å². The summed E-state index contributed by atoms with van der Waals surface area (Å²) in [5, 5.41) is 2.83. The number of carbonyl (C=O) groups is 1. The molecule has 86 valence electrons. The van der Waals surface area contributed by atoms with Gasteiger partial charge in [-0.25, -0.2) is 4.98 Å². The topological polar surface area (TPSA) is 71.2 Å². The normalized spacial score (nSPS) is 20.8. The molecule has 5 nitrogen and oxygen atoms in total. The molecule has 1 unspecified atom stereocenters. The van der Waals surface area contributed by atoms with Crippen molar-refractivity contribution in [2.24, 2.45) is 5.73 Å². The Balaban J connectivity index is 2.25. The van der Waals surface area contributed by atoms with Crippen LogP contribution >= 0.6 is 0 Å². The molecule has 2 rings (SSSR count). The van der Waals surface area contributed by atoms with Gasteiger partial charge in [-0.3, -0.25) is 4.79 Å².